The number of anilines is 1. The van der Waals surface area contributed by atoms with Crippen LogP contribution >= 0.6 is 46.6 Å². The maximum atomic E-state index is 12.8. The van der Waals surface area contributed by atoms with Crippen molar-refractivity contribution in [1.82, 2.24) is 4.98 Å². The summed E-state index contributed by atoms with van der Waals surface area (Å²) in [5, 5.41) is 1.77. The Bertz CT molecular complexity index is 1390. The van der Waals surface area contributed by atoms with Crippen molar-refractivity contribution < 1.29 is 8.42 Å². The molecule has 1 heterocycles. The van der Waals surface area contributed by atoms with Crippen LogP contribution in [0.15, 0.2) is 81.5 Å². The Morgan fingerprint density at radius 1 is 0.903 bits per heavy atom. The molecule has 31 heavy (non-hydrogen) atoms. The van der Waals surface area contributed by atoms with E-state index in [2.05, 4.69) is 9.71 Å². The van der Waals surface area contributed by atoms with Crippen LogP contribution in [0, 0.1) is 6.92 Å². The first-order chi connectivity index (χ1) is 14.7. The maximum absolute atomic E-state index is 12.8. The minimum atomic E-state index is -3.91. The Labute approximate surface area is 199 Å². The lowest BCUT2D eigenvalue weighted by molar-refractivity contribution is 0.601. The van der Waals surface area contributed by atoms with Crippen molar-refractivity contribution in [2.45, 2.75) is 21.6 Å². The summed E-state index contributed by atoms with van der Waals surface area (Å²) >= 11 is 20.4. The number of pyridine rings is 1. The Balaban J connectivity index is 1.62. The van der Waals surface area contributed by atoms with Crippen LogP contribution in [-0.4, -0.2) is 13.4 Å². The summed E-state index contributed by atoms with van der Waals surface area (Å²) in [6, 6.07) is 17.5. The number of aromatic nitrogens is 1. The second-order valence-corrected chi connectivity index (χ2v) is 10.7. The number of fused-ring (bicyclic) bond motifs is 1. The molecule has 0 amide bonds. The Hall–Kier alpha value is -1.96. The second kappa shape index (κ2) is 8.88. The summed E-state index contributed by atoms with van der Waals surface area (Å²) in [7, 11) is -3.91. The molecule has 0 radical (unpaired) electrons. The largest absolute Gasteiger partial charge is 0.279 e. The molecular weight excluding hydrogens is 495 g/mol. The molecule has 0 spiro atoms. The van der Waals surface area contributed by atoms with Crippen molar-refractivity contribution in [2.75, 3.05) is 4.72 Å². The number of para-hydroxylation sites is 1. The van der Waals surface area contributed by atoms with E-state index in [9.17, 15) is 8.42 Å². The van der Waals surface area contributed by atoms with Gasteiger partial charge >= 0.3 is 0 Å². The van der Waals surface area contributed by atoms with Crippen molar-refractivity contribution >= 4 is 73.2 Å². The summed E-state index contributed by atoms with van der Waals surface area (Å²) in [6.45, 7) is 1.83. The monoisotopic (exact) mass is 508 g/mol. The molecule has 0 aliphatic rings. The Morgan fingerprint density at radius 3 is 2.32 bits per heavy atom. The van der Waals surface area contributed by atoms with E-state index in [-0.39, 0.29) is 15.6 Å². The van der Waals surface area contributed by atoms with Crippen LogP contribution in [0.2, 0.25) is 15.1 Å². The number of hydrogen-bond acceptors (Lipinski definition) is 4. The lowest BCUT2D eigenvalue weighted by atomic mass is 10.2. The molecule has 0 saturated heterocycles. The lowest BCUT2D eigenvalue weighted by Gasteiger charge is -2.13. The van der Waals surface area contributed by atoms with E-state index in [1.807, 2.05) is 37.3 Å². The third-order valence-electron chi connectivity index (χ3n) is 4.41. The fraction of sp³-hybridized carbons (Fsp3) is 0.0455. The van der Waals surface area contributed by atoms with Crippen molar-refractivity contribution in [2.24, 2.45) is 0 Å². The van der Waals surface area contributed by atoms with Crippen LogP contribution in [0.4, 0.5) is 5.69 Å². The number of hydrogen-bond donors (Lipinski definition) is 1. The predicted molar refractivity (Wildman–Crippen MR) is 129 cm³/mol. The number of benzene rings is 3. The Morgan fingerprint density at radius 2 is 1.61 bits per heavy atom. The summed E-state index contributed by atoms with van der Waals surface area (Å²) in [4.78, 5) is 5.89. The molecule has 0 fully saturated rings. The maximum Gasteiger partial charge on any atom is 0.263 e. The number of nitrogens with zero attached hydrogens (tertiary/aromatic N) is 1. The van der Waals surface area contributed by atoms with Crippen molar-refractivity contribution in [3.63, 3.8) is 0 Å². The molecule has 0 saturated carbocycles. The highest BCUT2D eigenvalue weighted by Crippen LogP contribution is 2.41. The van der Waals surface area contributed by atoms with Gasteiger partial charge < -0.3 is 0 Å². The van der Waals surface area contributed by atoms with E-state index in [1.54, 1.807) is 18.3 Å². The summed E-state index contributed by atoms with van der Waals surface area (Å²) in [6.07, 6.45) is 1.75. The van der Waals surface area contributed by atoms with E-state index < -0.39 is 10.0 Å². The summed E-state index contributed by atoms with van der Waals surface area (Å²) in [5.41, 5.74) is 2.00. The van der Waals surface area contributed by atoms with E-state index in [4.69, 9.17) is 34.8 Å². The summed E-state index contributed by atoms with van der Waals surface area (Å²) < 4.78 is 28.0. The highest BCUT2D eigenvalue weighted by Gasteiger charge is 2.20. The molecule has 4 rings (SSSR count). The molecule has 3 aromatic carbocycles. The van der Waals surface area contributed by atoms with Gasteiger partial charge in [-0.1, -0.05) is 70.8 Å². The van der Waals surface area contributed by atoms with Crippen molar-refractivity contribution in [3.05, 3.63) is 87.5 Å². The summed E-state index contributed by atoms with van der Waals surface area (Å²) in [5.74, 6) is 0. The first kappa shape index (κ1) is 22.2. The van der Waals surface area contributed by atoms with Crippen LogP contribution in [0.1, 0.15) is 5.56 Å². The second-order valence-electron chi connectivity index (χ2n) is 6.77. The zero-order chi connectivity index (χ0) is 22.2. The zero-order valence-electron chi connectivity index (χ0n) is 16.1. The molecule has 0 unspecified atom stereocenters. The SMILES string of the molecule is Cc1ccc(S(=O)(=O)Nc2cc(Cl)c(Sc3cnc4ccccc4c3)c(Cl)c2)c(Cl)c1. The average molecular weight is 510 g/mol. The fourth-order valence-electron chi connectivity index (χ4n) is 2.97. The molecule has 158 valence electrons. The van der Waals surface area contributed by atoms with Gasteiger partial charge in [-0.2, -0.15) is 0 Å². The quantitative estimate of drug-likeness (QED) is 0.303. The van der Waals surface area contributed by atoms with Gasteiger partial charge in [0.05, 0.1) is 26.3 Å². The van der Waals surface area contributed by atoms with Crippen LogP contribution in [-0.2, 0) is 10.0 Å². The number of sulfonamides is 1. The number of nitrogens with one attached hydrogen (secondary N) is 1. The third kappa shape index (κ3) is 4.94. The minimum Gasteiger partial charge on any atom is -0.279 e. The van der Waals surface area contributed by atoms with Crippen molar-refractivity contribution in [1.29, 1.82) is 0 Å². The molecule has 9 heteroatoms. The number of halogens is 3. The van der Waals surface area contributed by atoms with Crippen LogP contribution in [0.25, 0.3) is 10.9 Å². The molecule has 0 atom stereocenters. The standard InChI is InChI=1S/C22H15Cl3N2O2S2/c1-13-6-7-21(17(23)8-13)31(28,29)27-15-10-18(24)22(19(25)11-15)30-16-9-14-4-2-3-5-20(14)26-12-16/h2-12,27H,1H3. The third-order valence-corrected chi connectivity index (χ3v) is 8.20. The topological polar surface area (TPSA) is 59.1 Å². The van der Waals surface area contributed by atoms with E-state index in [0.29, 0.717) is 14.9 Å². The fourth-order valence-corrected chi connectivity index (χ4v) is 6.17. The highest BCUT2D eigenvalue weighted by molar-refractivity contribution is 7.99. The van der Waals surface area contributed by atoms with Gasteiger partial charge in [-0.05, 0) is 48.9 Å². The number of aryl methyl sites for hydroxylation is 1. The number of rotatable bonds is 5. The smallest absolute Gasteiger partial charge is 0.263 e. The van der Waals surface area contributed by atoms with Gasteiger partial charge in [0.15, 0.2) is 0 Å². The normalized spacial score (nSPS) is 11.6. The molecule has 0 bridgehead atoms. The van der Waals surface area contributed by atoms with Gasteiger partial charge in [0.2, 0.25) is 0 Å². The molecule has 1 N–H and O–H groups in total. The molecular formula is C22H15Cl3N2O2S2. The van der Waals surface area contributed by atoms with Gasteiger partial charge in [0.25, 0.3) is 10.0 Å². The Kier molecular flexibility index (Phi) is 6.37. The highest BCUT2D eigenvalue weighted by atomic mass is 35.5. The molecule has 0 aliphatic heterocycles. The zero-order valence-corrected chi connectivity index (χ0v) is 20.0. The van der Waals surface area contributed by atoms with Crippen LogP contribution < -0.4 is 4.72 Å². The molecule has 1 aromatic heterocycles. The van der Waals surface area contributed by atoms with E-state index >= 15 is 0 Å². The van der Waals surface area contributed by atoms with Crippen LogP contribution in [0.3, 0.4) is 0 Å². The predicted octanol–water partition coefficient (Wildman–Crippen LogP) is 7.46. The molecule has 4 aromatic rings. The van der Waals surface area contributed by atoms with E-state index in [1.165, 1.54) is 30.0 Å². The lowest BCUT2D eigenvalue weighted by Crippen LogP contribution is -2.13. The van der Waals surface area contributed by atoms with Gasteiger partial charge in [-0.25, -0.2) is 8.42 Å². The van der Waals surface area contributed by atoms with E-state index in [0.717, 1.165) is 21.4 Å². The molecule has 4 nitrogen and oxygen atoms in total. The minimum absolute atomic E-state index is 0.0206. The average Bonchev–Trinajstić information content (AvgIpc) is 2.70. The van der Waals surface area contributed by atoms with Gasteiger partial charge in [-0.15, -0.1) is 0 Å². The van der Waals surface area contributed by atoms with Gasteiger partial charge in [0.1, 0.15) is 4.90 Å². The van der Waals surface area contributed by atoms with Gasteiger partial charge in [0, 0.05) is 21.4 Å². The van der Waals surface area contributed by atoms with Gasteiger partial charge in [-0.3, -0.25) is 9.71 Å². The first-order valence-electron chi connectivity index (χ1n) is 9.03. The van der Waals surface area contributed by atoms with Crippen LogP contribution in [0.5, 0.6) is 0 Å². The van der Waals surface area contributed by atoms with Crippen molar-refractivity contribution in [3.8, 4) is 0 Å². The molecule has 0 aliphatic carbocycles. The first-order valence-corrected chi connectivity index (χ1v) is 12.5.